The van der Waals surface area contributed by atoms with Crippen LogP contribution < -0.4 is 5.32 Å². The summed E-state index contributed by atoms with van der Waals surface area (Å²) >= 11 is 8.95. The Hall–Kier alpha value is -1.07. The lowest BCUT2D eigenvalue weighted by Crippen LogP contribution is -2.38. The van der Waals surface area contributed by atoms with E-state index < -0.39 is 17.9 Å². The molecule has 1 aromatic carbocycles. The second-order valence-electron chi connectivity index (χ2n) is 3.16. The molecule has 0 heterocycles. The lowest BCUT2D eigenvalue weighted by molar-refractivity contribution is -0.138. The van der Waals surface area contributed by atoms with E-state index in [1.807, 2.05) is 0 Å². The molecule has 0 saturated heterocycles. The van der Waals surface area contributed by atoms with Gasteiger partial charge in [0.05, 0.1) is 5.02 Å². The molecule has 0 aliphatic heterocycles. The number of rotatable bonds is 3. The van der Waals surface area contributed by atoms with E-state index in [2.05, 4.69) is 21.2 Å². The molecule has 16 heavy (non-hydrogen) atoms. The van der Waals surface area contributed by atoms with Crippen LogP contribution in [-0.2, 0) is 4.79 Å². The van der Waals surface area contributed by atoms with Crippen molar-refractivity contribution in [1.82, 2.24) is 5.32 Å². The summed E-state index contributed by atoms with van der Waals surface area (Å²) in [5.41, 5.74) is 0.351. The second-order valence-corrected chi connectivity index (χ2v) is 4.42. The van der Waals surface area contributed by atoms with Crippen LogP contribution >= 0.6 is 27.5 Å². The molecule has 4 nitrogen and oxygen atoms in total. The molecular formula is C10H9BrClNO3. The molecule has 2 N–H and O–H groups in total. The van der Waals surface area contributed by atoms with E-state index in [1.54, 1.807) is 6.07 Å². The quantitative estimate of drug-likeness (QED) is 0.900. The Morgan fingerprint density at radius 3 is 2.62 bits per heavy atom. The topological polar surface area (TPSA) is 66.4 Å². The number of amides is 1. The zero-order chi connectivity index (χ0) is 12.3. The highest BCUT2D eigenvalue weighted by Crippen LogP contribution is 2.23. The fourth-order valence-corrected chi connectivity index (χ4v) is 1.48. The third-order valence-electron chi connectivity index (χ3n) is 1.90. The van der Waals surface area contributed by atoms with Crippen molar-refractivity contribution in [2.75, 3.05) is 0 Å². The highest BCUT2D eigenvalue weighted by molar-refractivity contribution is 9.10. The molecule has 0 aliphatic carbocycles. The van der Waals surface area contributed by atoms with Crippen molar-refractivity contribution in [1.29, 1.82) is 0 Å². The maximum atomic E-state index is 11.6. The van der Waals surface area contributed by atoms with Gasteiger partial charge in [0.2, 0.25) is 0 Å². The van der Waals surface area contributed by atoms with Crippen LogP contribution in [0.25, 0.3) is 0 Å². The van der Waals surface area contributed by atoms with E-state index in [0.29, 0.717) is 15.1 Å². The number of nitrogens with one attached hydrogen (secondary N) is 1. The first-order valence-electron chi connectivity index (χ1n) is 4.40. The van der Waals surface area contributed by atoms with Gasteiger partial charge >= 0.3 is 5.97 Å². The number of hydrogen-bond donors (Lipinski definition) is 2. The average Bonchev–Trinajstić information content (AvgIpc) is 2.21. The minimum absolute atomic E-state index is 0.351. The van der Waals surface area contributed by atoms with Crippen molar-refractivity contribution in [3.63, 3.8) is 0 Å². The van der Waals surface area contributed by atoms with Crippen molar-refractivity contribution < 1.29 is 14.7 Å². The van der Waals surface area contributed by atoms with E-state index in [0.717, 1.165) is 0 Å². The minimum Gasteiger partial charge on any atom is -0.480 e. The van der Waals surface area contributed by atoms with E-state index in [9.17, 15) is 9.59 Å². The van der Waals surface area contributed by atoms with Gasteiger partial charge in [0.15, 0.2) is 0 Å². The molecule has 0 spiro atoms. The fourth-order valence-electron chi connectivity index (χ4n) is 0.979. The molecule has 86 valence electrons. The van der Waals surface area contributed by atoms with Crippen LogP contribution in [0.2, 0.25) is 5.02 Å². The average molecular weight is 307 g/mol. The van der Waals surface area contributed by atoms with E-state index in [-0.39, 0.29) is 0 Å². The van der Waals surface area contributed by atoms with Gasteiger partial charge in [0, 0.05) is 10.0 Å². The molecule has 6 heteroatoms. The van der Waals surface area contributed by atoms with Crippen LogP contribution in [0.15, 0.2) is 22.7 Å². The molecule has 1 amide bonds. The van der Waals surface area contributed by atoms with Gasteiger partial charge in [-0.1, -0.05) is 11.6 Å². The van der Waals surface area contributed by atoms with Gasteiger partial charge in [0.1, 0.15) is 6.04 Å². The van der Waals surface area contributed by atoms with Crippen molar-refractivity contribution in [2.45, 2.75) is 13.0 Å². The highest BCUT2D eigenvalue weighted by atomic mass is 79.9. The van der Waals surface area contributed by atoms with Crippen LogP contribution in [0, 0.1) is 0 Å². The van der Waals surface area contributed by atoms with Crippen LogP contribution in [-0.4, -0.2) is 23.0 Å². The molecule has 1 rings (SSSR count). The highest BCUT2D eigenvalue weighted by Gasteiger charge is 2.15. The lowest BCUT2D eigenvalue weighted by Gasteiger charge is -2.09. The van der Waals surface area contributed by atoms with Gasteiger partial charge in [-0.15, -0.1) is 0 Å². The third-order valence-corrected chi connectivity index (χ3v) is 3.11. The normalized spacial score (nSPS) is 11.9. The molecule has 1 atom stereocenters. The maximum Gasteiger partial charge on any atom is 0.325 e. The number of carbonyl (C=O) groups excluding carboxylic acids is 1. The number of carbonyl (C=O) groups is 2. The van der Waals surface area contributed by atoms with Crippen LogP contribution in [0.1, 0.15) is 17.3 Å². The summed E-state index contributed by atoms with van der Waals surface area (Å²) < 4.78 is 0.588. The monoisotopic (exact) mass is 305 g/mol. The maximum absolute atomic E-state index is 11.6. The number of aliphatic carboxylic acids is 1. The van der Waals surface area contributed by atoms with Gasteiger partial charge < -0.3 is 10.4 Å². The Morgan fingerprint density at radius 1 is 1.50 bits per heavy atom. The van der Waals surface area contributed by atoms with E-state index >= 15 is 0 Å². The Balaban J connectivity index is 2.81. The van der Waals surface area contributed by atoms with Crippen molar-refractivity contribution >= 4 is 39.4 Å². The Morgan fingerprint density at radius 2 is 2.12 bits per heavy atom. The van der Waals surface area contributed by atoms with Crippen LogP contribution in [0.4, 0.5) is 0 Å². The summed E-state index contributed by atoms with van der Waals surface area (Å²) in [5, 5.41) is 11.5. The fraction of sp³-hybridized carbons (Fsp3) is 0.200. The van der Waals surface area contributed by atoms with Gasteiger partial charge in [-0.2, -0.15) is 0 Å². The van der Waals surface area contributed by atoms with E-state index in [1.165, 1.54) is 19.1 Å². The molecule has 0 aliphatic rings. The minimum atomic E-state index is -1.08. The predicted octanol–water partition coefficient (Wildman–Crippen LogP) is 2.31. The van der Waals surface area contributed by atoms with E-state index in [4.69, 9.17) is 16.7 Å². The van der Waals surface area contributed by atoms with Crippen molar-refractivity contribution in [3.05, 3.63) is 33.3 Å². The summed E-state index contributed by atoms with van der Waals surface area (Å²) in [6.45, 7) is 1.39. The Labute approximate surface area is 106 Å². The van der Waals surface area contributed by atoms with Gasteiger partial charge in [0.25, 0.3) is 5.91 Å². The Kier molecular flexibility index (Phi) is 4.32. The summed E-state index contributed by atoms with van der Waals surface area (Å²) in [5.74, 6) is -1.53. The standard InChI is InChI=1S/C10H9BrClNO3/c1-5(10(15)16)13-9(14)6-2-3-8(12)7(11)4-6/h2-5H,1H3,(H,13,14)(H,15,16)/t5-/m1/s1. The first-order chi connectivity index (χ1) is 7.41. The third kappa shape index (κ3) is 3.21. The zero-order valence-electron chi connectivity index (χ0n) is 8.33. The first kappa shape index (κ1) is 13.0. The molecule has 0 bridgehead atoms. The van der Waals surface area contributed by atoms with Crippen molar-refractivity contribution in [3.8, 4) is 0 Å². The van der Waals surface area contributed by atoms with Crippen LogP contribution in [0.3, 0.4) is 0 Å². The SMILES string of the molecule is C[C@@H](NC(=O)c1ccc(Cl)c(Br)c1)C(=O)O. The molecule has 0 saturated carbocycles. The molecule has 0 aromatic heterocycles. The van der Waals surface area contributed by atoms with Gasteiger partial charge in [-0.3, -0.25) is 9.59 Å². The summed E-state index contributed by atoms with van der Waals surface area (Å²) in [7, 11) is 0. The zero-order valence-corrected chi connectivity index (χ0v) is 10.7. The molecule has 1 aromatic rings. The molecule has 0 unspecified atom stereocenters. The summed E-state index contributed by atoms with van der Waals surface area (Å²) in [6, 6.07) is 3.69. The summed E-state index contributed by atoms with van der Waals surface area (Å²) in [4.78, 5) is 22.1. The van der Waals surface area contributed by atoms with Gasteiger partial charge in [-0.05, 0) is 41.1 Å². The van der Waals surface area contributed by atoms with Crippen LogP contribution in [0.5, 0.6) is 0 Å². The molecule has 0 fully saturated rings. The van der Waals surface area contributed by atoms with Crippen molar-refractivity contribution in [2.24, 2.45) is 0 Å². The lowest BCUT2D eigenvalue weighted by atomic mass is 10.2. The number of carboxylic acid groups (broad SMARTS) is 1. The Bertz CT molecular complexity index is 436. The smallest absolute Gasteiger partial charge is 0.325 e. The second kappa shape index (κ2) is 5.32. The number of benzene rings is 1. The molecular weight excluding hydrogens is 297 g/mol. The largest absolute Gasteiger partial charge is 0.480 e. The predicted molar refractivity (Wildman–Crippen MR) is 63.7 cm³/mol. The number of carboxylic acids is 1. The number of hydrogen-bond acceptors (Lipinski definition) is 2. The molecule has 0 radical (unpaired) electrons. The number of halogens is 2. The first-order valence-corrected chi connectivity index (χ1v) is 5.57. The van der Waals surface area contributed by atoms with Gasteiger partial charge in [-0.25, -0.2) is 0 Å². The summed E-state index contributed by atoms with van der Waals surface area (Å²) in [6.07, 6.45) is 0.